The molecule has 0 bridgehead atoms. The van der Waals surface area contributed by atoms with E-state index < -0.39 is 6.03 Å². The van der Waals surface area contributed by atoms with Gasteiger partial charge in [-0.25, -0.2) is 4.79 Å². The Morgan fingerprint density at radius 1 is 1.09 bits per heavy atom. The molecule has 3 rings (SSSR count). The summed E-state index contributed by atoms with van der Waals surface area (Å²) in [6.45, 7) is 1.78. The smallest absolute Gasteiger partial charge is 0.319 e. The molecule has 33 heavy (non-hydrogen) atoms. The number of carbonyl (C=O) groups excluding carboxylic acids is 4. The summed E-state index contributed by atoms with van der Waals surface area (Å²) in [7, 11) is 0. The molecule has 1 unspecified atom stereocenters. The van der Waals surface area contributed by atoms with Crippen LogP contribution in [0.25, 0.3) is 0 Å². The first kappa shape index (κ1) is 24.7. The molecule has 174 valence electrons. The number of aryl methyl sites for hydroxylation is 1. The van der Waals surface area contributed by atoms with Crippen LogP contribution in [0.2, 0.25) is 10.0 Å². The summed E-state index contributed by atoms with van der Waals surface area (Å²) < 4.78 is 0. The first-order valence-corrected chi connectivity index (χ1v) is 11.4. The van der Waals surface area contributed by atoms with Gasteiger partial charge in [-0.1, -0.05) is 41.4 Å². The van der Waals surface area contributed by atoms with Crippen LogP contribution in [0.15, 0.2) is 36.4 Å². The number of carbonyl (C=O) groups is 4. The van der Waals surface area contributed by atoms with Gasteiger partial charge in [-0.2, -0.15) is 0 Å². The lowest BCUT2D eigenvalue weighted by Gasteiger charge is -2.20. The molecule has 1 saturated heterocycles. The van der Waals surface area contributed by atoms with Crippen molar-refractivity contribution in [3.63, 3.8) is 0 Å². The van der Waals surface area contributed by atoms with Gasteiger partial charge < -0.3 is 10.6 Å². The molecule has 4 amide bonds. The van der Waals surface area contributed by atoms with E-state index in [0.29, 0.717) is 53.4 Å². The van der Waals surface area contributed by atoms with E-state index in [2.05, 4.69) is 16.0 Å². The quantitative estimate of drug-likeness (QED) is 0.362. The van der Waals surface area contributed by atoms with Gasteiger partial charge >= 0.3 is 6.03 Å². The zero-order valence-corrected chi connectivity index (χ0v) is 19.7. The molecular weight excluding hydrogens is 465 g/mol. The number of urea groups is 1. The van der Waals surface area contributed by atoms with Gasteiger partial charge in [0, 0.05) is 40.2 Å². The van der Waals surface area contributed by atoms with Crippen LogP contribution in [-0.4, -0.2) is 23.6 Å². The second-order valence-electron chi connectivity index (χ2n) is 8.05. The lowest BCUT2D eigenvalue weighted by atomic mass is 9.90. The zero-order valence-electron chi connectivity index (χ0n) is 18.2. The normalized spacial score (nSPS) is 15.7. The highest BCUT2D eigenvalue weighted by Gasteiger charge is 2.26. The van der Waals surface area contributed by atoms with Gasteiger partial charge in [-0.05, 0) is 61.9 Å². The second kappa shape index (κ2) is 11.3. The molecule has 1 heterocycles. The molecule has 1 aliphatic heterocycles. The fourth-order valence-corrected chi connectivity index (χ4v) is 4.37. The summed E-state index contributed by atoms with van der Waals surface area (Å²) in [6.07, 6.45) is 2.89. The number of piperidine rings is 1. The van der Waals surface area contributed by atoms with Crippen LogP contribution in [0.5, 0.6) is 0 Å². The van der Waals surface area contributed by atoms with E-state index in [9.17, 15) is 19.2 Å². The maximum Gasteiger partial charge on any atom is 0.319 e. The lowest BCUT2D eigenvalue weighted by Crippen LogP contribution is -2.40. The molecule has 7 nitrogen and oxygen atoms in total. The van der Waals surface area contributed by atoms with Crippen LogP contribution < -0.4 is 16.0 Å². The number of halogens is 2. The van der Waals surface area contributed by atoms with Crippen LogP contribution in [0.4, 0.5) is 10.5 Å². The molecule has 9 heteroatoms. The van der Waals surface area contributed by atoms with E-state index in [-0.39, 0.29) is 30.1 Å². The number of anilines is 1. The van der Waals surface area contributed by atoms with E-state index in [0.717, 1.165) is 11.1 Å². The third kappa shape index (κ3) is 7.30. The minimum atomic E-state index is -0.414. The van der Waals surface area contributed by atoms with E-state index in [1.54, 1.807) is 30.3 Å². The molecule has 1 aliphatic rings. The van der Waals surface area contributed by atoms with Gasteiger partial charge in [0.1, 0.15) is 0 Å². The molecule has 2 aromatic carbocycles. The number of Topliss-reactive ketones (excluding diaryl/α,β-unsaturated/α-hetero) is 1. The van der Waals surface area contributed by atoms with Crippen molar-refractivity contribution in [3.8, 4) is 0 Å². The maximum atomic E-state index is 12.2. The number of benzene rings is 2. The standard InChI is InChI=1S/C24H25Cl2N3O4/c1-14(30)21-7-5-15(13-27-24(33)28-20-11-18(25)10-19(26)12-20)9-17(21)4-2-3-16-6-8-22(31)29-23(16)32/h5,7,9-12,16H,2-4,6,8,13H2,1H3,(H2,27,28,33)(H,29,31,32). The molecule has 0 aromatic heterocycles. The Labute approximate surface area is 202 Å². The largest absolute Gasteiger partial charge is 0.334 e. The lowest BCUT2D eigenvalue weighted by molar-refractivity contribution is -0.136. The highest BCUT2D eigenvalue weighted by atomic mass is 35.5. The molecule has 1 fully saturated rings. The van der Waals surface area contributed by atoms with E-state index in [1.807, 2.05) is 6.07 Å². The molecule has 2 aromatic rings. The van der Waals surface area contributed by atoms with Crippen LogP contribution in [0, 0.1) is 5.92 Å². The zero-order chi connectivity index (χ0) is 24.0. The fraction of sp³-hybridized carbons (Fsp3) is 0.333. The Balaban J connectivity index is 1.58. The van der Waals surface area contributed by atoms with Gasteiger partial charge in [0.15, 0.2) is 5.78 Å². The average Bonchev–Trinajstić information content (AvgIpc) is 2.73. The van der Waals surface area contributed by atoms with Crippen molar-refractivity contribution in [2.24, 2.45) is 5.92 Å². The number of amides is 4. The summed E-state index contributed by atoms with van der Waals surface area (Å²) in [4.78, 5) is 47.5. The van der Waals surface area contributed by atoms with Crippen LogP contribution in [0.3, 0.4) is 0 Å². The number of hydrogen-bond acceptors (Lipinski definition) is 4. The van der Waals surface area contributed by atoms with Crippen molar-refractivity contribution in [2.75, 3.05) is 5.32 Å². The number of rotatable bonds is 8. The van der Waals surface area contributed by atoms with Crippen molar-refractivity contribution < 1.29 is 19.2 Å². The first-order chi connectivity index (χ1) is 15.7. The molecule has 0 saturated carbocycles. The molecule has 1 atom stereocenters. The second-order valence-corrected chi connectivity index (χ2v) is 8.93. The van der Waals surface area contributed by atoms with E-state index in [4.69, 9.17) is 23.2 Å². The highest BCUT2D eigenvalue weighted by molar-refractivity contribution is 6.35. The number of hydrogen-bond donors (Lipinski definition) is 3. The van der Waals surface area contributed by atoms with Crippen molar-refractivity contribution >= 4 is 52.5 Å². The van der Waals surface area contributed by atoms with Crippen LogP contribution in [0.1, 0.15) is 54.1 Å². The fourth-order valence-electron chi connectivity index (χ4n) is 3.84. The number of nitrogens with one attached hydrogen (secondary N) is 3. The summed E-state index contributed by atoms with van der Waals surface area (Å²) in [6, 6.07) is 9.81. The van der Waals surface area contributed by atoms with Crippen molar-refractivity contribution in [1.82, 2.24) is 10.6 Å². The third-order valence-electron chi connectivity index (χ3n) is 5.47. The maximum absolute atomic E-state index is 12.2. The van der Waals surface area contributed by atoms with Crippen molar-refractivity contribution in [1.29, 1.82) is 0 Å². The first-order valence-electron chi connectivity index (χ1n) is 10.7. The van der Waals surface area contributed by atoms with Crippen LogP contribution >= 0.6 is 23.2 Å². The molecule has 0 spiro atoms. The van der Waals surface area contributed by atoms with Gasteiger partial charge in [0.25, 0.3) is 0 Å². The predicted octanol–water partition coefficient (Wildman–Crippen LogP) is 4.89. The minimum Gasteiger partial charge on any atom is -0.334 e. The summed E-state index contributed by atoms with van der Waals surface area (Å²) in [5.74, 6) is -0.668. The Morgan fingerprint density at radius 2 is 1.82 bits per heavy atom. The van der Waals surface area contributed by atoms with Gasteiger partial charge in [0.2, 0.25) is 11.8 Å². The monoisotopic (exact) mass is 489 g/mol. The summed E-state index contributed by atoms with van der Waals surface area (Å²) in [5, 5.41) is 8.66. The summed E-state index contributed by atoms with van der Waals surface area (Å²) >= 11 is 11.9. The van der Waals surface area contributed by atoms with Gasteiger partial charge in [-0.15, -0.1) is 0 Å². The third-order valence-corrected chi connectivity index (χ3v) is 5.91. The Hall–Kier alpha value is -2.90. The summed E-state index contributed by atoms with van der Waals surface area (Å²) in [5.41, 5.74) is 2.82. The van der Waals surface area contributed by atoms with E-state index in [1.165, 1.54) is 6.92 Å². The average molecular weight is 490 g/mol. The van der Waals surface area contributed by atoms with Gasteiger partial charge in [-0.3, -0.25) is 19.7 Å². The minimum absolute atomic E-state index is 0.0407. The van der Waals surface area contributed by atoms with Gasteiger partial charge in [0.05, 0.1) is 0 Å². The molecule has 3 N–H and O–H groups in total. The highest BCUT2D eigenvalue weighted by Crippen LogP contribution is 2.23. The predicted molar refractivity (Wildman–Crippen MR) is 128 cm³/mol. The molecular formula is C24H25Cl2N3O4. The topological polar surface area (TPSA) is 104 Å². The Bertz CT molecular complexity index is 1070. The van der Waals surface area contributed by atoms with Crippen LogP contribution in [-0.2, 0) is 22.6 Å². The molecule has 0 radical (unpaired) electrons. The SMILES string of the molecule is CC(=O)c1ccc(CNC(=O)Nc2cc(Cl)cc(Cl)c2)cc1CCCC1CCC(=O)NC1=O. The molecule has 0 aliphatic carbocycles. The Morgan fingerprint density at radius 3 is 2.48 bits per heavy atom. The number of ketones is 1. The number of imide groups is 1. The van der Waals surface area contributed by atoms with Crippen molar-refractivity contribution in [2.45, 2.75) is 45.6 Å². The van der Waals surface area contributed by atoms with E-state index >= 15 is 0 Å². The Kier molecular flexibility index (Phi) is 8.47. The van der Waals surface area contributed by atoms with Crippen molar-refractivity contribution in [3.05, 3.63) is 63.1 Å².